The highest BCUT2D eigenvalue weighted by Gasteiger charge is 2.38. The van der Waals surface area contributed by atoms with Gasteiger partial charge in [-0.1, -0.05) is 103 Å². The summed E-state index contributed by atoms with van der Waals surface area (Å²) in [6, 6.07) is 24.3. The molecular weight excluding hydrogens is 710 g/mol. The molecule has 1 saturated carbocycles. The molecule has 0 saturated heterocycles. The third kappa shape index (κ3) is 9.38. The lowest BCUT2D eigenvalue weighted by Gasteiger charge is -2.35. The number of benzene rings is 4. The van der Waals surface area contributed by atoms with Gasteiger partial charge < -0.3 is 10.2 Å². The Morgan fingerprint density at radius 1 is 0.820 bits per heavy atom. The van der Waals surface area contributed by atoms with Crippen LogP contribution in [-0.4, -0.2) is 43.8 Å². The number of rotatable bonds is 12. The van der Waals surface area contributed by atoms with Gasteiger partial charge in [-0.3, -0.25) is 13.9 Å². The van der Waals surface area contributed by atoms with Gasteiger partial charge in [0, 0.05) is 24.0 Å². The molecule has 0 bridgehead atoms. The SMILES string of the molecule is O=C(NC1CCCCC1)[C@@H](Cc1ccccc1)N(Cc1ccc(Cl)cc1)C(=O)CN(c1ccc(Cl)c(C(F)(F)F)c1)S(=O)(=O)c1ccccc1. The molecule has 1 N–H and O–H groups in total. The number of nitrogens with one attached hydrogen (secondary N) is 1. The van der Waals surface area contributed by atoms with E-state index in [9.17, 15) is 31.2 Å². The van der Waals surface area contributed by atoms with E-state index in [-0.39, 0.29) is 23.9 Å². The Hall–Kier alpha value is -4.06. The van der Waals surface area contributed by atoms with Gasteiger partial charge in [0.1, 0.15) is 12.6 Å². The third-order valence-electron chi connectivity index (χ3n) is 8.64. The topological polar surface area (TPSA) is 86.8 Å². The van der Waals surface area contributed by atoms with E-state index in [4.69, 9.17) is 23.2 Å². The first-order valence-electron chi connectivity index (χ1n) is 16.2. The number of sulfonamides is 1. The predicted molar refractivity (Wildman–Crippen MR) is 188 cm³/mol. The molecule has 0 aliphatic heterocycles. The molecule has 4 aromatic rings. The lowest BCUT2D eigenvalue weighted by molar-refractivity contribution is -0.140. The normalized spacial score (nSPS) is 14.5. The van der Waals surface area contributed by atoms with Gasteiger partial charge in [-0.15, -0.1) is 0 Å². The number of nitrogens with zero attached hydrogens (tertiary/aromatic N) is 2. The third-order valence-corrected chi connectivity index (χ3v) is 11.0. The predicted octanol–water partition coefficient (Wildman–Crippen LogP) is 8.30. The standard InChI is InChI=1S/C37H36Cl2F3N3O4S/c38-28-18-16-27(17-19-28)24-44(34(22-26-10-4-1-5-11-26)36(47)43-29-12-6-2-7-13-29)35(46)25-45(50(48,49)31-14-8-3-9-15-31)30-20-21-33(39)32(23-30)37(40,41)42/h1,3-5,8-11,14-21,23,29,34H,2,6-7,12-13,22,24-25H2,(H,43,47)/t34-/m1/s1. The fourth-order valence-corrected chi connectivity index (χ4v) is 7.80. The van der Waals surface area contributed by atoms with E-state index in [2.05, 4.69) is 5.32 Å². The minimum atomic E-state index is -4.90. The molecule has 1 fully saturated rings. The number of hydrogen-bond donors (Lipinski definition) is 1. The summed E-state index contributed by atoms with van der Waals surface area (Å²) in [6.07, 6.45) is -0.259. The molecule has 0 radical (unpaired) electrons. The number of alkyl halides is 3. The van der Waals surface area contributed by atoms with Crippen LogP contribution >= 0.6 is 23.2 Å². The molecule has 1 aliphatic carbocycles. The van der Waals surface area contributed by atoms with Crippen LogP contribution in [0, 0.1) is 0 Å². The highest BCUT2D eigenvalue weighted by Crippen LogP contribution is 2.38. The second kappa shape index (κ2) is 16.3. The van der Waals surface area contributed by atoms with Crippen molar-refractivity contribution >= 4 is 50.7 Å². The molecule has 5 rings (SSSR count). The van der Waals surface area contributed by atoms with Gasteiger partial charge in [-0.25, -0.2) is 8.42 Å². The van der Waals surface area contributed by atoms with Crippen LogP contribution in [0.5, 0.6) is 0 Å². The molecule has 1 atom stereocenters. The molecule has 7 nitrogen and oxygen atoms in total. The monoisotopic (exact) mass is 745 g/mol. The molecular formula is C37H36Cl2F3N3O4S. The van der Waals surface area contributed by atoms with Gasteiger partial charge in [0.05, 0.1) is 21.2 Å². The zero-order valence-corrected chi connectivity index (χ0v) is 29.3. The van der Waals surface area contributed by atoms with Gasteiger partial charge >= 0.3 is 6.18 Å². The fraction of sp³-hybridized carbons (Fsp3) is 0.297. The van der Waals surface area contributed by atoms with Crippen LogP contribution in [0.15, 0.2) is 108 Å². The summed E-state index contributed by atoms with van der Waals surface area (Å²) in [5.74, 6) is -1.21. The zero-order valence-electron chi connectivity index (χ0n) is 27.0. The van der Waals surface area contributed by atoms with Crippen molar-refractivity contribution in [1.82, 2.24) is 10.2 Å². The van der Waals surface area contributed by atoms with Gasteiger partial charge in [0.25, 0.3) is 10.0 Å². The maximum absolute atomic E-state index is 14.6. The first-order chi connectivity index (χ1) is 23.8. The molecule has 1 aliphatic rings. The second-order valence-corrected chi connectivity index (χ2v) is 14.9. The maximum atomic E-state index is 14.6. The summed E-state index contributed by atoms with van der Waals surface area (Å²) in [7, 11) is -4.61. The van der Waals surface area contributed by atoms with E-state index in [0.29, 0.717) is 21.0 Å². The molecule has 4 aromatic carbocycles. The van der Waals surface area contributed by atoms with Crippen LogP contribution in [0.3, 0.4) is 0 Å². The molecule has 264 valence electrons. The summed E-state index contributed by atoms with van der Waals surface area (Å²) in [4.78, 5) is 29.8. The summed E-state index contributed by atoms with van der Waals surface area (Å²) < 4.78 is 70.9. The smallest absolute Gasteiger partial charge is 0.352 e. The van der Waals surface area contributed by atoms with Crippen molar-refractivity contribution in [2.45, 2.75) is 68.2 Å². The Bertz CT molecular complexity index is 1870. The van der Waals surface area contributed by atoms with Gasteiger partial charge in [-0.05, 0) is 66.4 Å². The van der Waals surface area contributed by atoms with E-state index in [1.807, 2.05) is 30.3 Å². The quantitative estimate of drug-likeness (QED) is 0.158. The van der Waals surface area contributed by atoms with Crippen LogP contribution < -0.4 is 9.62 Å². The van der Waals surface area contributed by atoms with Crippen molar-refractivity contribution in [1.29, 1.82) is 0 Å². The van der Waals surface area contributed by atoms with Crippen molar-refractivity contribution in [3.8, 4) is 0 Å². The summed E-state index contributed by atoms with van der Waals surface area (Å²) in [5, 5.41) is 2.94. The van der Waals surface area contributed by atoms with Crippen LogP contribution in [0.4, 0.5) is 18.9 Å². The number of amides is 2. The van der Waals surface area contributed by atoms with Crippen molar-refractivity contribution in [2.24, 2.45) is 0 Å². The average Bonchev–Trinajstić information content (AvgIpc) is 3.10. The molecule has 0 aromatic heterocycles. The molecule has 50 heavy (non-hydrogen) atoms. The average molecular weight is 747 g/mol. The molecule has 0 unspecified atom stereocenters. The van der Waals surface area contributed by atoms with Gasteiger partial charge in [0.2, 0.25) is 11.8 Å². The number of carbonyl (C=O) groups is 2. The van der Waals surface area contributed by atoms with Crippen molar-refractivity contribution in [3.63, 3.8) is 0 Å². The Labute approximate surface area is 300 Å². The highest BCUT2D eigenvalue weighted by atomic mass is 35.5. The first-order valence-corrected chi connectivity index (χ1v) is 18.4. The number of anilines is 1. The number of hydrogen-bond acceptors (Lipinski definition) is 4. The Morgan fingerprint density at radius 3 is 2.06 bits per heavy atom. The van der Waals surface area contributed by atoms with E-state index >= 15 is 0 Å². The van der Waals surface area contributed by atoms with E-state index in [0.717, 1.165) is 49.8 Å². The van der Waals surface area contributed by atoms with Crippen molar-refractivity contribution < 1.29 is 31.2 Å². The largest absolute Gasteiger partial charge is 0.417 e. The molecule has 2 amide bonds. The molecule has 0 heterocycles. The minimum absolute atomic E-state index is 0.0909. The Kier molecular flexibility index (Phi) is 12.1. The van der Waals surface area contributed by atoms with Crippen LogP contribution in [0.1, 0.15) is 48.8 Å². The highest BCUT2D eigenvalue weighted by molar-refractivity contribution is 7.92. The van der Waals surface area contributed by atoms with E-state index in [1.54, 1.807) is 30.3 Å². The number of halogens is 5. The summed E-state index contributed by atoms with van der Waals surface area (Å²) in [6.45, 7) is -1.02. The van der Waals surface area contributed by atoms with Crippen molar-refractivity contribution in [2.75, 3.05) is 10.8 Å². The molecule has 0 spiro atoms. The molecule has 13 heteroatoms. The minimum Gasteiger partial charge on any atom is -0.352 e. The lowest BCUT2D eigenvalue weighted by atomic mass is 9.94. The Balaban J connectivity index is 1.60. The van der Waals surface area contributed by atoms with Gasteiger partial charge in [0.15, 0.2) is 0 Å². The second-order valence-electron chi connectivity index (χ2n) is 12.2. The fourth-order valence-electron chi connectivity index (χ4n) is 6.02. The van der Waals surface area contributed by atoms with Crippen LogP contribution in [-0.2, 0) is 38.8 Å². The Morgan fingerprint density at radius 2 is 1.44 bits per heavy atom. The number of carbonyl (C=O) groups excluding carboxylic acids is 2. The van der Waals surface area contributed by atoms with Gasteiger partial charge in [-0.2, -0.15) is 13.2 Å². The zero-order chi connectivity index (χ0) is 35.9. The van der Waals surface area contributed by atoms with Crippen LogP contribution in [0.2, 0.25) is 10.0 Å². The van der Waals surface area contributed by atoms with Crippen LogP contribution in [0.25, 0.3) is 0 Å². The van der Waals surface area contributed by atoms with E-state index < -0.39 is 56.9 Å². The van der Waals surface area contributed by atoms with Crippen molar-refractivity contribution in [3.05, 3.63) is 130 Å². The summed E-state index contributed by atoms with van der Waals surface area (Å²) >= 11 is 12.0. The first kappa shape index (κ1) is 37.2. The summed E-state index contributed by atoms with van der Waals surface area (Å²) in [5.41, 5.74) is -0.318. The maximum Gasteiger partial charge on any atom is 0.417 e. The van der Waals surface area contributed by atoms with E-state index in [1.165, 1.54) is 29.2 Å². The lowest BCUT2D eigenvalue weighted by Crippen LogP contribution is -2.55.